The summed E-state index contributed by atoms with van der Waals surface area (Å²) in [5.41, 5.74) is 4.45. The number of hydrazone groups is 1. The van der Waals surface area contributed by atoms with Crippen molar-refractivity contribution in [3.63, 3.8) is 0 Å². The second-order valence-electron chi connectivity index (χ2n) is 4.78. The van der Waals surface area contributed by atoms with Gasteiger partial charge in [-0.3, -0.25) is 10.4 Å². The van der Waals surface area contributed by atoms with Crippen LogP contribution in [0.25, 0.3) is 0 Å². The number of pyridine rings is 1. The molecule has 0 fully saturated rings. The monoisotopic (exact) mass is 313 g/mol. The molecule has 6 heteroatoms. The molecule has 0 amide bonds. The Labute approximate surface area is 124 Å². The number of aromatic nitrogens is 1. The van der Waals surface area contributed by atoms with Crippen LogP contribution in [-0.2, 0) is 17.1 Å². The molecule has 1 aromatic heterocycles. The molecule has 2 N–H and O–H groups in total. The van der Waals surface area contributed by atoms with Crippen molar-refractivity contribution in [1.82, 2.24) is 15.7 Å². The molecule has 0 aliphatic carbocycles. The van der Waals surface area contributed by atoms with Crippen LogP contribution in [0.2, 0.25) is 0 Å². The average molecular weight is 314 g/mol. The number of nitrogens with zero attached hydrogens (tertiary/aromatic N) is 2. The summed E-state index contributed by atoms with van der Waals surface area (Å²) in [5, 5.41) is 7.63. The Balaban J connectivity index is 0.00000289. The fraction of sp³-hybridized carbons (Fsp3) is 0.417. The van der Waals surface area contributed by atoms with Crippen molar-refractivity contribution in [2.75, 3.05) is 0 Å². The molecule has 0 unspecified atom stereocenters. The average Bonchev–Trinajstić information content (AvgIpc) is 2.14. The van der Waals surface area contributed by atoms with Gasteiger partial charge in [0.15, 0.2) is 5.11 Å². The summed E-state index contributed by atoms with van der Waals surface area (Å²) in [5.74, 6) is 0. The Morgan fingerprint density at radius 2 is 2.06 bits per heavy atom. The molecule has 0 saturated carbocycles. The molecular formula is C12H18CuN4S+2. The molecule has 1 radical (unpaired) electrons. The number of rotatable bonds is 2. The summed E-state index contributed by atoms with van der Waals surface area (Å²) in [6, 6.07) is 5.77. The Kier molecular flexibility index (Phi) is 7.06. The number of aryl methyl sites for hydroxylation is 1. The quantitative estimate of drug-likeness (QED) is 0.379. The SMILES string of the molecule is Cc1cccc(C=NNC(=S)NC(C)(C)C)n1.[Cu+2]. The van der Waals surface area contributed by atoms with Crippen molar-refractivity contribution >= 4 is 23.5 Å². The molecule has 1 aromatic rings. The van der Waals surface area contributed by atoms with Gasteiger partial charge in [0.1, 0.15) is 0 Å². The van der Waals surface area contributed by atoms with Gasteiger partial charge in [-0.2, -0.15) is 5.10 Å². The van der Waals surface area contributed by atoms with E-state index in [4.69, 9.17) is 12.2 Å². The second kappa shape index (κ2) is 7.46. The maximum atomic E-state index is 5.09. The Morgan fingerprint density at radius 1 is 1.39 bits per heavy atom. The van der Waals surface area contributed by atoms with E-state index < -0.39 is 0 Å². The van der Waals surface area contributed by atoms with E-state index in [1.807, 2.05) is 45.9 Å². The van der Waals surface area contributed by atoms with Crippen molar-refractivity contribution in [3.8, 4) is 0 Å². The normalized spacial score (nSPS) is 10.9. The van der Waals surface area contributed by atoms with Gasteiger partial charge in [-0.05, 0) is 52.0 Å². The minimum atomic E-state index is -0.0683. The smallest absolute Gasteiger partial charge is 0.357 e. The summed E-state index contributed by atoms with van der Waals surface area (Å²) in [4.78, 5) is 4.29. The topological polar surface area (TPSA) is 49.3 Å². The number of hydrogen-bond acceptors (Lipinski definition) is 3. The number of hydrogen-bond donors (Lipinski definition) is 2. The summed E-state index contributed by atoms with van der Waals surface area (Å²) in [7, 11) is 0. The fourth-order valence-corrected chi connectivity index (χ4v) is 1.52. The first-order valence-corrected chi connectivity index (χ1v) is 5.82. The summed E-state index contributed by atoms with van der Waals surface area (Å²) in [6.45, 7) is 8.04. The van der Waals surface area contributed by atoms with Gasteiger partial charge in [-0.15, -0.1) is 0 Å². The summed E-state index contributed by atoms with van der Waals surface area (Å²) >= 11 is 5.09. The first-order valence-electron chi connectivity index (χ1n) is 5.42. The third-order valence-electron chi connectivity index (χ3n) is 1.76. The minimum Gasteiger partial charge on any atom is -0.357 e. The zero-order chi connectivity index (χ0) is 12.9. The van der Waals surface area contributed by atoms with E-state index in [2.05, 4.69) is 20.8 Å². The Morgan fingerprint density at radius 3 is 2.61 bits per heavy atom. The van der Waals surface area contributed by atoms with E-state index in [9.17, 15) is 0 Å². The third kappa shape index (κ3) is 7.37. The van der Waals surface area contributed by atoms with Crippen LogP contribution in [0.4, 0.5) is 0 Å². The molecular weight excluding hydrogens is 296 g/mol. The van der Waals surface area contributed by atoms with E-state index in [0.717, 1.165) is 11.4 Å². The van der Waals surface area contributed by atoms with Crippen LogP contribution in [0.1, 0.15) is 32.2 Å². The van der Waals surface area contributed by atoms with Gasteiger partial charge >= 0.3 is 17.1 Å². The Bertz CT molecular complexity index is 426. The molecule has 0 aromatic carbocycles. The maximum absolute atomic E-state index is 5.09. The van der Waals surface area contributed by atoms with Crippen LogP contribution in [0.5, 0.6) is 0 Å². The summed E-state index contributed by atoms with van der Waals surface area (Å²) in [6.07, 6.45) is 1.64. The van der Waals surface area contributed by atoms with Gasteiger partial charge in [0.25, 0.3) is 0 Å². The van der Waals surface area contributed by atoms with Gasteiger partial charge in [0.2, 0.25) is 0 Å². The van der Waals surface area contributed by atoms with Crippen LogP contribution < -0.4 is 10.7 Å². The van der Waals surface area contributed by atoms with E-state index in [-0.39, 0.29) is 22.6 Å². The van der Waals surface area contributed by atoms with Gasteiger partial charge in [-0.1, -0.05) is 6.07 Å². The first-order chi connectivity index (χ1) is 7.87. The molecule has 1 heterocycles. The van der Waals surface area contributed by atoms with Gasteiger partial charge < -0.3 is 5.32 Å². The zero-order valence-electron chi connectivity index (χ0n) is 10.9. The maximum Gasteiger partial charge on any atom is 2.00 e. The van der Waals surface area contributed by atoms with Crippen LogP contribution in [-0.4, -0.2) is 21.8 Å². The van der Waals surface area contributed by atoms with Crippen molar-refractivity contribution in [2.24, 2.45) is 5.10 Å². The van der Waals surface area contributed by atoms with E-state index in [1.165, 1.54) is 0 Å². The molecule has 0 saturated heterocycles. The number of thiocarbonyl (C=S) groups is 1. The predicted octanol–water partition coefficient (Wildman–Crippen LogP) is 1.98. The van der Waals surface area contributed by atoms with E-state index >= 15 is 0 Å². The van der Waals surface area contributed by atoms with Crippen molar-refractivity contribution in [2.45, 2.75) is 33.2 Å². The molecule has 0 bridgehead atoms. The third-order valence-corrected chi connectivity index (χ3v) is 1.95. The Hall–Kier alpha value is -0.971. The fourth-order valence-electron chi connectivity index (χ4n) is 1.16. The van der Waals surface area contributed by atoms with E-state index in [0.29, 0.717) is 5.11 Å². The van der Waals surface area contributed by atoms with Crippen molar-refractivity contribution in [1.29, 1.82) is 0 Å². The molecule has 0 aliphatic rings. The summed E-state index contributed by atoms with van der Waals surface area (Å²) < 4.78 is 0. The first kappa shape index (κ1) is 17.0. The van der Waals surface area contributed by atoms with Gasteiger partial charge in [0.05, 0.1) is 11.9 Å². The predicted molar refractivity (Wildman–Crippen MR) is 75.2 cm³/mol. The van der Waals surface area contributed by atoms with Crippen LogP contribution in [0.15, 0.2) is 23.3 Å². The molecule has 18 heavy (non-hydrogen) atoms. The van der Waals surface area contributed by atoms with Crippen LogP contribution in [0, 0.1) is 6.92 Å². The standard InChI is InChI=1S/C12H18N4S.Cu/c1-9-6-5-7-10(14-9)8-13-16-11(17)15-12(2,3)4;/h5-8H,1-4H3,(H2,15,16,17);/q;+2. The second-order valence-corrected chi connectivity index (χ2v) is 5.19. The zero-order valence-corrected chi connectivity index (χ0v) is 12.7. The van der Waals surface area contributed by atoms with E-state index in [1.54, 1.807) is 6.21 Å². The van der Waals surface area contributed by atoms with Gasteiger partial charge in [0, 0.05) is 11.2 Å². The molecule has 0 spiro atoms. The molecule has 101 valence electrons. The van der Waals surface area contributed by atoms with Gasteiger partial charge in [-0.25, -0.2) is 0 Å². The molecule has 4 nitrogen and oxygen atoms in total. The van der Waals surface area contributed by atoms with Crippen molar-refractivity contribution in [3.05, 3.63) is 29.6 Å². The van der Waals surface area contributed by atoms with Crippen LogP contribution >= 0.6 is 12.2 Å². The van der Waals surface area contributed by atoms with Crippen LogP contribution in [0.3, 0.4) is 0 Å². The van der Waals surface area contributed by atoms with Crippen molar-refractivity contribution < 1.29 is 17.1 Å². The molecule has 1 rings (SSSR count). The minimum absolute atomic E-state index is 0. The molecule has 0 atom stereocenters. The number of nitrogens with one attached hydrogen (secondary N) is 2. The largest absolute Gasteiger partial charge is 2.00 e. The molecule has 0 aliphatic heterocycles.